The second kappa shape index (κ2) is 14.2. The number of carboxylic acids is 1. The largest absolute Gasteiger partial charge is 0.514 e. The number of carbonyl (C=O) groups excluding carboxylic acids is 3. The van der Waals surface area contributed by atoms with Gasteiger partial charge < -0.3 is 39.3 Å². The van der Waals surface area contributed by atoms with Crippen molar-refractivity contribution in [2.24, 2.45) is 5.73 Å². The van der Waals surface area contributed by atoms with E-state index < -0.39 is 47.3 Å². The van der Waals surface area contributed by atoms with Crippen LogP contribution in [0.5, 0.6) is 11.5 Å². The molecule has 40 heavy (non-hydrogen) atoms. The lowest BCUT2D eigenvalue weighted by Crippen LogP contribution is -2.52. The Morgan fingerprint density at radius 2 is 1.32 bits per heavy atom. The second-order valence-corrected chi connectivity index (χ2v) is 11.7. The highest BCUT2D eigenvalue weighted by molar-refractivity contribution is 5.79. The first-order valence-electron chi connectivity index (χ1n) is 13.1. The molecule has 0 saturated carbocycles. The van der Waals surface area contributed by atoms with Crippen LogP contribution in [-0.4, -0.2) is 58.5 Å². The third-order valence-corrected chi connectivity index (χ3v) is 5.06. The van der Waals surface area contributed by atoms with Gasteiger partial charge in [-0.05, 0) is 79.5 Å². The minimum Gasteiger partial charge on any atom is -0.480 e. The van der Waals surface area contributed by atoms with Crippen molar-refractivity contribution in [2.45, 2.75) is 117 Å². The van der Waals surface area contributed by atoms with Gasteiger partial charge in [0, 0.05) is 12.8 Å². The van der Waals surface area contributed by atoms with E-state index in [0.717, 1.165) is 6.42 Å². The SMILES string of the molecule is CCCC(C)OC(=O)O[C@@H](C)CC(N)(Cc1ccc(OC(=O)OC(C)(C)C)c(OC(=O)OC(C)(C)C)c1)C(=O)O. The minimum absolute atomic E-state index is 0.164. The number of carbonyl (C=O) groups is 4. The molecule has 2 unspecified atom stereocenters. The lowest BCUT2D eigenvalue weighted by molar-refractivity contribution is -0.144. The molecule has 0 aromatic heterocycles. The summed E-state index contributed by atoms with van der Waals surface area (Å²) < 4.78 is 31.2. The maximum Gasteiger partial charge on any atom is 0.514 e. The van der Waals surface area contributed by atoms with E-state index in [1.807, 2.05) is 6.92 Å². The lowest BCUT2D eigenvalue weighted by atomic mass is 9.86. The molecule has 0 spiro atoms. The van der Waals surface area contributed by atoms with Crippen molar-refractivity contribution in [3.05, 3.63) is 23.8 Å². The summed E-state index contributed by atoms with van der Waals surface area (Å²) in [5, 5.41) is 9.93. The highest BCUT2D eigenvalue weighted by atomic mass is 16.8. The zero-order valence-electron chi connectivity index (χ0n) is 24.8. The summed E-state index contributed by atoms with van der Waals surface area (Å²) >= 11 is 0. The van der Waals surface area contributed by atoms with Gasteiger partial charge in [-0.3, -0.25) is 4.79 Å². The topological polar surface area (TPSA) is 170 Å². The van der Waals surface area contributed by atoms with Gasteiger partial charge in [-0.15, -0.1) is 0 Å². The fourth-order valence-electron chi connectivity index (χ4n) is 3.52. The Bertz CT molecular complexity index is 1040. The number of aliphatic carboxylic acids is 1. The average Bonchev–Trinajstić information content (AvgIpc) is 2.72. The maximum atomic E-state index is 12.4. The van der Waals surface area contributed by atoms with E-state index in [1.165, 1.54) is 25.1 Å². The van der Waals surface area contributed by atoms with E-state index in [2.05, 4.69) is 0 Å². The summed E-state index contributed by atoms with van der Waals surface area (Å²) in [6.07, 6.45) is -3.32. The molecule has 0 fully saturated rings. The summed E-state index contributed by atoms with van der Waals surface area (Å²) in [6, 6.07) is 4.08. The van der Waals surface area contributed by atoms with Gasteiger partial charge in [0.15, 0.2) is 11.5 Å². The summed E-state index contributed by atoms with van der Waals surface area (Å²) in [7, 11) is 0. The Morgan fingerprint density at radius 3 is 1.80 bits per heavy atom. The van der Waals surface area contributed by atoms with Crippen LogP contribution in [-0.2, 0) is 30.2 Å². The molecule has 0 saturated heterocycles. The van der Waals surface area contributed by atoms with Crippen LogP contribution < -0.4 is 15.2 Å². The van der Waals surface area contributed by atoms with Crippen LogP contribution in [0.2, 0.25) is 0 Å². The maximum absolute atomic E-state index is 12.4. The molecule has 1 aromatic rings. The Kier molecular flexibility index (Phi) is 12.2. The number of benzene rings is 1. The van der Waals surface area contributed by atoms with Crippen molar-refractivity contribution in [1.82, 2.24) is 0 Å². The predicted octanol–water partition coefficient (Wildman–Crippen LogP) is 5.76. The van der Waals surface area contributed by atoms with Crippen LogP contribution in [0.3, 0.4) is 0 Å². The molecule has 226 valence electrons. The molecule has 0 aliphatic carbocycles. The monoisotopic (exact) mass is 569 g/mol. The Balaban J connectivity index is 3.19. The van der Waals surface area contributed by atoms with Crippen LogP contribution in [0, 0.1) is 0 Å². The number of hydrogen-bond donors (Lipinski definition) is 2. The number of nitrogens with two attached hydrogens (primary N) is 1. The molecular weight excluding hydrogens is 526 g/mol. The predicted molar refractivity (Wildman–Crippen MR) is 144 cm³/mol. The van der Waals surface area contributed by atoms with E-state index >= 15 is 0 Å². The highest BCUT2D eigenvalue weighted by Gasteiger charge is 2.37. The highest BCUT2D eigenvalue weighted by Crippen LogP contribution is 2.32. The van der Waals surface area contributed by atoms with Crippen molar-refractivity contribution in [3.8, 4) is 11.5 Å². The van der Waals surface area contributed by atoms with E-state index in [0.29, 0.717) is 12.0 Å². The average molecular weight is 570 g/mol. The van der Waals surface area contributed by atoms with Crippen LogP contribution in [0.15, 0.2) is 18.2 Å². The number of carboxylic acid groups (broad SMARTS) is 1. The molecule has 0 bridgehead atoms. The minimum atomic E-state index is -1.88. The van der Waals surface area contributed by atoms with E-state index in [9.17, 15) is 24.3 Å². The number of hydrogen-bond acceptors (Lipinski definition) is 11. The zero-order chi connectivity index (χ0) is 30.9. The summed E-state index contributed by atoms with van der Waals surface area (Å²) in [6.45, 7) is 15.1. The van der Waals surface area contributed by atoms with E-state index in [4.69, 9.17) is 34.2 Å². The molecule has 12 nitrogen and oxygen atoms in total. The van der Waals surface area contributed by atoms with Crippen LogP contribution in [0.4, 0.5) is 14.4 Å². The quantitative estimate of drug-likeness (QED) is 0.188. The Labute approximate surface area is 235 Å². The number of ether oxygens (including phenoxy) is 6. The first-order valence-corrected chi connectivity index (χ1v) is 13.1. The second-order valence-electron chi connectivity index (χ2n) is 11.7. The van der Waals surface area contributed by atoms with Gasteiger partial charge in [-0.25, -0.2) is 14.4 Å². The van der Waals surface area contributed by atoms with Crippen molar-refractivity contribution >= 4 is 24.4 Å². The number of rotatable bonds is 11. The summed E-state index contributed by atoms with van der Waals surface area (Å²) in [5.41, 5.74) is 2.98. The molecule has 3 atom stereocenters. The molecule has 1 aromatic carbocycles. The first kappa shape index (κ1) is 34.5. The van der Waals surface area contributed by atoms with Crippen molar-refractivity contribution in [1.29, 1.82) is 0 Å². The van der Waals surface area contributed by atoms with Crippen LogP contribution >= 0.6 is 0 Å². The van der Waals surface area contributed by atoms with Gasteiger partial charge >= 0.3 is 24.4 Å². The molecule has 0 heterocycles. The smallest absolute Gasteiger partial charge is 0.480 e. The van der Waals surface area contributed by atoms with Crippen molar-refractivity contribution in [2.75, 3.05) is 0 Å². The van der Waals surface area contributed by atoms with Gasteiger partial charge in [0.05, 0.1) is 0 Å². The van der Waals surface area contributed by atoms with Gasteiger partial charge in [-0.2, -0.15) is 0 Å². The third kappa shape index (κ3) is 13.0. The van der Waals surface area contributed by atoms with E-state index in [1.54, 1.807) is 48.5 Å². The molecule has 0 amide bonds. The van der Waals surface area contributed by atoms with Crippen LogP contribution in [0.1, 0.15) is 87.1 Å². The fraction of sp³-hybridized carbons (Fsp3) is 0.643. The lowest BCUT2D eigenvalue weighted by Gasteiger charge is -2.28. The van der Waals surface area contributed by atoms with Gasteiger partial charge in [0.1, 0.15) is 28.9 Å². The standard InChI is InChI=1S/C28H43NO11/c1-10-11-17(2)35-23(32)36-18(3)15-28(29,22(30)31)16-19-12-13-20(37-24(33)39-26(4,5)6)21(14-19)38-25(34)40-27(7,8)9/h12-14,17-18H,10-11,15-16,29H2,1-9H3,(H,30,31)/t17?,18-,28?/m0/s1. The van der Waals surface area contributed by atoms with Gasteiger partial charge in [-0.1, -0.05) is 19.4 Å². The van der Waals surface area contributed by atoms with Gasteiger partial charge in [0.2, 0.25) is 0 Å². The van der Waals surface area contributed by atoms with Gasteiger partial charge in [0.25, 0.3) is 0 Å². The van der Waals surface area contributed by atoms with Crippen molar-refractivity contribution in [3.63, 3.8) is 0 Å². The fourth-order valence-corrected chi connectivity index (χ4v) is 3.52. The Morgan fingerprint density at radius 1 is 0.825 bits per heavy atom. The normalized spacial score (nSPS) is 14.7. The molecule has 0 radical (unpaired) electrons. The van der Waals surface area contributed by atoms with Crippen molar-refractivity contribution < 1.29 is 52.7 Å². The molecular formula is C28H43NO11. The molecule has 3 N–H and O–H groups in total. The molecule has 12 heteroatoms. The molecule has 0 aliphatic heterocycles. The third-order valence-electron chi connectivity index (χ3n) is 5.06. The summed E-state index contributed by atoms with van der Waals surface area (Å²) in [5.74, 6) is -1.73. The Hall–Kier alpha value is -3.54. The first-order chi connectivity index (χ1) is 18.2. The van der Waals surface area contributed by atoms with Crippen LogP contribution in [0.25, 0.3) is 0 Å². The van der Waals surface area contributed by atoms with E-state index in [-0.39, 0.29) is 30.4 Å². The molecule has 1 rings (SSSR count). The zero-order valence-corrected chi connectivity index (χ0v) is 24.8. The molecule has 0 aliphatic rings. The summed E-state index contributed by atoms with van der Waals surface area (Å²) in [4.78, 5) is 48.9.